The van der Waals surface area contributed by atoms with E-state index in [9.17, 15) is 13.2 Å². The number of carbonyl (C=O) groups is 1. The molecule has 0 bridgehead atoms. The summed E-state index contributed by atoms with van der Waals surface area (Å²) in [5.74, 6) is -0.0994. The topological polar surface area (TPSA) is 63.2 Å². The van der Waals surface area contributed by atoms with E-state index in [-0.39, 0.29) is 17.2 Å². The molecule has 0 heterocycles. The maximum absolute atomic E-state index is 12.8. The van der Waals surface area contributed by atoms with Crippen LogP contribution in [0.3, 0.4) is 0 Å². The van der Waals surface area contributed by atoms with Gasteiger partial charge in [-0.2, -0.15) is 0 Å². The van der Waals surface area contributed by atoms with Gasteiger partial charge in [0.1, 0.15) is 0 Å². The number of Topliss-reactive ketones (excluding diaryl/α,β-unsaturated/α-hetero) is 1. The molecule has 4 nitrogen and oxygen atoms in total. The van der Waals surface area contributed by atoms with E-state index >= 15 is 0 Å². The van der Waals surface area contributed by atoms with Crippen LogP contribution in [0.5, 0.6) is 0 Å². The van der Waals surface area contributed by atoms with Gasteiger partial charge in [-0.05, 0) is 30.2 Å². The lowest BCUT2D eigenvalue weighted by atomic mass is 9.76. The molecular formula is C23H23NO3S. The van der Waals surface area contributed by atoms with Crippen molar-refractivity contribution in [2.24, 2.45) is 0 Å². The molecule has 0 aliphatic rings. The van der Waals surface area contributed by atoms with Crippen LogP contribution in [0.15, 0.2) is 89.8 Å². The molecule has 3 rings (SSSR count). The summed E-state index contributed by atoms with van der Waals surface area (Å²) < 4.78 is 28.4. The lowest BCUT2D eigenvalue weighted by Crippen LogP contribution is -2.39. The molecule has 1 N–H and O–H groups in total. The summed E-state index contributed by atoms with van der Waals surface area (Å²) in [4.78, 5) is 11.6. The predicted molar refractivity (Wildman–Crippen MR) is 111 cm³/mol. The van der Waals surface area contributed by atoms with Gasteiger partial charge in [0.15, 0.2) is 5.78 Å². The molecule has 3 aromatic carbocycles. The van der Waals surface area contributed by atoms with Crippen molar-refractivity contribution in [2.75, 3.05) is 6.54 Å². The molecule has 0 unspecified atom stereocenters. The summed E-state index contributed by atoms with van der Waals surface area (Å²) in [6.45, 7) is 3.68. The Hall–Kier alpha value is -2.76. The number of ketones is 1. The molecule has 5 heteroatoms. The molecule has 0 atom stereocenters. The first-order chi connectivity index (χ1) is 13.3. The second-order valence-electron chi connectivity index (χ2n) is 6.97. The van der Waals surface area contributed by atoms with Gasteiger partial charge in [-0.15, -0.1) is 0 Å². The van der Waals surface area contributed by atoms with Crippen molar-refractivity contribution in [3.63, 3.8) is 0 Å². The van der Waals surface area contributed by atoms with Crippen molar-refractivity contribution in [3.05, 3.63) is 102 Å². The Balaban J connectivity index is 1.91. The number of rotatable bonds is 7. The zero-order chi connectivity index (χ0) is 20.2. The highest BCUT2D eigenvalue weighted by atomic mass is 32.2. The second-order valence-corrected chi connectivity index (χ2v) is 8.74. The number of carbonyl (C=O) groups excluding carboxylic acids is 1. The molecule has 0 spiro atoms. The maximum Gasteiger partial charge on any atom is 0.240 e. The normalized spacial score (nSPS) is 11.9. The molecule has 0 aromatic heterocycles. The fraction of sp³-hybridized carbons (Fsp3) is 0.174. The highest BCUT2D eigenvalue weighted by Gasteiger charge is 2.30. The third kappa shape index (κ3) is 4.21. The first kappa shape index (κ1) is 20.0. The minimum absolute atomic E-state index is 0.0994. The Bertz CT molecular complexity index is 1000. The Morgan fingerprint density at radius 1 is 0.821 bits per heavy atom. The zero-order valence-electron chi connectivity index (χ0n) is 15.9. The molecule has 0 amide bonds. The molecule has 0 aliphatic carbocycles. The van der Waals surface area contributed by atoms with Crippen LogP contribution in [-0.4, -0.2) is 20.7 Å². The molecule has 0 radical (unpaired) electrons. The van der Waals surface area contributed by atoms with E-state index in [4.69, 9.17) is 0 Å². The number of nitrogens with one attached hydrogen (secondary N) is 1. The van der Waals surface area contributed by atoms with Crippen LogP contribution < -0.4 is 4.72 Å². The van der Waals surface area contributed by atoms with Gasteiger partial charge in [-0.25, -0.2) is 13.1 Å². The van der Waals surface area contributed by atoms with Gasteiger partial charge in [0.25, 0.3) is 0 Å². The van der Waals surface area contributed by atoms with E-state index in [0.29, 0.717) is 5.56 Å². The van der Waals surface area contributed by atoms with E-state index < -0.39 is 15.4 Å². The average molecular weight is 394 g/mol. The zero-order valence-corrected chi connectivity index (χ0v) is 16.7. The van der Waals surface area contributed by atoms with Crippen molar-refractivity contribution in [2.45, 2.75) is 24.2 Å². The molecule has 0 aliphatic heterocycles. The predicted octanol–water partition coefficient (Wildman–Crippen LogP) is 4.17. The van der Waals surface area contributed by atoms with Gasteiger partial charge < -0.3 is 0 Å². The van der Waals surface area contributed by atoms with E-state index in [1.807, 2.05) is 67.6 Å². The molecule has 28 heavy (non-hydrogen) atoms. The summed E-state index contributed by atoms with van der Waals surface area (Å²) in [5, 5.41) is 0. The smallest absolute Gasteiger partial charge is 0.240 e. The monoisotopic (exact) mass is 393 g/mol. The van der Waals surface area contributed by atoms with Crippen LogP contribution in [0.2, 0.25) is 0 Å². The van der Waals surface area contributed by atoms with Gasteiger partial charge >= 0.3 is 0 Å². The Morgan fingerprint density at radius 3 is 1.71 bits per heavy atom. The van der Waals surface area contributed by atoms with Crippen LogP contribution in [0.25, 0.3) is 0 Å². The Kier molecular flexibility index (Phi) is 5.77. The highest BCUT2D eigenvalue weighted by Crippen LogP contribution is 2.31. The largest absolute Gasteiger partial charge is 0.295 e. The summed E-state index contributed by atoms with van der Waals surface area (Å²) in [6, 6.07) is 25.7. The van der Waals surface area contributed by atoms with Crippen LogP contribution in [0.4, 0.5) is 0 Å². The van der Waals surface area contributed by atoms with Crippen molar-refractivity contribution in [1.29, 1.82) is 0 Å². The minimum Gasteiger partial charge on any atom is -0.295 e. The Labute approximate surface area is 166 Å². The van der Waals surface area contributed by atoms with Crippen molar-refractivity contribution in [3.8, 4) is 0 Å². The van der Waals surface area contributed by atoms with Crippen molar-refractivity contribution in [1.82, 2.24) is 4.72 Å². The molecular weight excluding hydrogens is 370 g/mol. The van der Waals surface area contributed by atoms with E-state index in [0.717, 1.165) is 11.1 Å². The number of sulfonamides is 1. The lowest BCUT2D eigenvalue weighted by molar-refractivity contribution is 0.101. The van der Waals surface area contributed by atoms with Gasteiger partial charge in [-0.1, -0.05) is 79.7 Å². The van der Waals surface area contributed by atoms with Gasteiger partial charge in [0.2, 0.25) is 10.0 Å². The third-order valence-electron chi connectivity index (χ3n) is 5.01. The number of benzene rings is 3. The van der Waals surface area contributed by atoms with Gasteiger partial charge in [0, 0.05) is 17.5 Å². The van der Waals surface area contributed by atoms with Crippen LogP contribution >= 0.6 is 0 Å². The average Bonchev–Trinajstić information content (AvgIpc) is 2.73. The van der Waals surface area contributed by atoms with Gasteiger partial charge in [-0.3, -0.25) is 4.79 Å². The maximum atomic E-state index is 12.8. The quantitative estimate of drug-likeness (QED) is 0.613. The SMILES string of the molecule is CC(=O)c1ccc(S(=O)(=O)NCC(C)(c2ccccc2)c2ccccc2)cc1. The summed E-state index contributed by atoms with van der Waals surface area (Å²) in [5.41, 5.74) is 2.00. The standard InChI is InChI=1S/C23H23NO3S/c1-18(25)19-13-15-22(16-14-19)28(26,27)24-17-23(2,20-9-5-3-6-10-20)21-11-7-4-8-12-21/h3-16,24H,17H2,1-2H3. The van der Waals surface area contributed by atoms with Crippen LogP contribution in [0.1, 0.15) is 35.3 Å². The van der Waals surface area contributed by atoms with Crippen molar-refractivity contribution < 1.29 is 13.2 Å². The molecule has 0 saturated carbocycles. The number of hydrogen-bond donors (Lipinski definition) is 1. The minimum atomic E-state index is -3.71. The Morgan fingerprint density at radius 2 is 1.29 bits per heavy atom. The first-order valence-electron chi connectivity index (χ1n) is 9.05. The number of hydrogen-bond acceptors (Lipinski definition) is 3. The lowest BCUT2D eigenvalue weighted by Gasteiger charge is -2.31. The van der Waals surface area contributed by atoms with Crippen LogP contribution in [-0.2, 0) is 15.4 Å². The molecule has 3 aromatic rings. The second kappa shape index (κ2) is 8.09. The summed E-state index contributed by atoms with van der Waals surface area (Å²) in [7, 11) is -3.71. The molecule has 144 valence electrons. The third-order valence-corrected chi connectivity index (χ3v) is 6.43. The first-order valence-corrected chi connectivity index (χ1v) is 10.5. The van der Waals surface area contributed by atoms with E-state index in [1.54, 1.807) is 0 Å². The van der Waals surface area contributed by atoms with Crippen molar-refractivity contribution >= 4 is 15.8 Å². The fourth-order valence-electron chi connectivity index (χ4n) is 3.17. The fourth-order valence-corrected chi connectivity index (χ4v) is 4.31. The van der Waals surface area contributed by atoms with Gasteiger partial charge in [0.05, 0.1) is 4.90 Å². The summed E-state index contributed by atoms with van der Waals surface area (Å²) in [6.07, 6.45) is 0. The van der Waals surface area contributed by atoms with Crippen LogP contribution in [0, 0.1) is 0 Å². The van der Waals surface area contributed by atoms with E-state index in [2.05, 4.69) is 4.72 Å². The molecule has 0 fully saturated rings. The molecule has 0 saturated heterocycles. The summed E-state index contributed by atoms with van der Waals surface area (Å²) >= 11 is 0. The van der Waals surface area contributed by atoms with E-state index in [1.165, 1.54) is 31.2 Å². The highest BCUT2D eigenvalue weighted by molar-refractivity contribution is 7.89.